The third-order valence-electron chi connectivity index (χ3n) is 9.20. The van der Waals surface area contributed by atoms with Crippen molar-refractivity contribution >= 4 is 35.0 Å². The van der Waals surface area contributed by atoms with E-state index in [1.54, 1.807) is 44.3 Å². The molecule has 0 aliphatic carbocycles. The lowest BCUT2D eigenvalue weighted by Crippen LogP contribution is -2.48. The summed E-state index contributed by atoms with van der Waals surface area (Å²) in [6, 6.07) is 12.0. The summed E-state index contributed by atoms with van der Waals surface area (Å²) in [5.41, 5.74) is 0.181. The van der Waals surface area contributed by atoms with Crippen molar-refractivity contribution in [3.05, 3.63) is 71.8 Å². The molecule has 0 unspecified atom stereocenters. The molecule has 0 saturated heterocycles. The van der Waals surface area contributed by atoms with Crippen LogP contribution in [0.2, 0.25) is 0 Å². The van der Waals surface area contributed by atoms with Crippen LogP contribution in [0.1, 0.15) is 56.0 Å². The van der Waals surface area contributed by atoms with Crippen molar-refractivity contribution in [1.29, 1.82) is 0 Å². The van der Waals surface area contributed by atoms with Crippen LogP contribution in [0.25, 0.3) is 0 Å². The Kier molecular flexibility index (Phi) is 13.1. The second-order valence-electron chi connectivity index (χ2n) is 13.5. The molecule has 4 N–H and O–H groups in total. The first-order valence-electron chi connectivity index (χ1n) is 17.7. The Morgan fingerprint density at radius 2 is 1.57 bits per heavy atom. The van der Waals surface area contributed by atoms with Crippen LogP contribution in [0, 0.1) is 5.92 Å². The zero-order valence-corrected chi connectivity index (χ0v) is 30.6. The van der Waals surface area contributed by atoms with E-state index in [1.165, 1.54) is 15.9 Å². The Labute approximate surface area is 311 Å². The van der Waals surface area contributed by atoms with Crippen LogP contribution in [-0.4, -0.2) is 91.3 Å². The molecular formula is C38H46F3N5O8. The number of halogens is 3. The van der Waals surface area contributed by atoms with Crippen molar-refractivity contribution in [2.75, 3.05) is 56.1 Å². The average molecular weight is 758 g/mol. The molecule has 2 aliphatic rings. The first-order chi connectivity index (χ1) is 25.7. The summed E-state index contributed by atoms with van der Waals surface area (Å²) >= 11 is 0. The number of fused-ring (bicyclic) bond motifs is 2. The van der Waals surface area contributed by atoms with Crippen LogP contribution in [0.15, 0.2) is 60.7 Å². The number of aliphatic hydroxyl groups is 1. The lowest BCUT2D eigenvalue weighted by atomic mass is 10.0. The molecule has 0 saturated carbocycles. The molecule has 292 valence electrons. The largest absolute Gasteiger partial charge is 0.490 e. The maximum absolute atomic E-state index is 14.4. The number of likely N-dealkylation sites (N-methyl/N-ethyl adjacent to an activating group) is 1. The van der Waals surface area contributed by atoms with E-state index in [1.807, 2.05) is 13.8 Å². The molecule has 54 heavy (non-hydrogen) atoms. The minimum atomic E-state index is -4.52. The number of nitrogens with zero attached hydrogens (tertiary/aromatic N) is 2. The van der Waals surface area contributed by atoms with Crippen molar-refractivity contribution in [2.24, 2.45) is 5.92 Å². The Balaban J connectivity index is 1.34. The van der Waals surface area contributed by atoms with Gasteiger partial charge >= 0.3 is 18.2 Å². The van der Waals surface area contributed by atoms with Crippen molar-refractivity contribution in [3.8, 4) is 17.2 Å². The molecule has 0 spiro atoms. The van der Waals surface area contributed by atoms with E-state index in [9.17, 15) is 32.7 Å². The topological polar surface area (TPSA) is 151 Å². The van der Waals surface area contributed by atoms with Crippen LogP contribution in [-0.2, 0) is 10.9 Å². The third-order valence-corrected chi connectivity index (χ3v) is 9.20. The Morgan fingerprint density at radius 1 is 0.926 bits per heavy atom. The van der Waals surface area contributed by atoms with Gasteiger partial charge in [0.25, 0.3) is 5.91 Å². The van der Waals surface area contributed by atoms with Gasteiger partial charge in [-0.15, -0.1) is 0 Å². The number of aliphatic hydroxyl groups excluding tert-OH is 1. The molecule has 16 heteroatoms. The van der Waals surface area contributed by atoms with E-state index >= 15 is 0 Å². The van der Waals surface area contributed by atoms with Crippen molar-refractivity contribution in [2.45, 2.75) is 64.5 Å². The van der Waals surface area contributed by atoms with Gasteiger partial charge in [0.2, 0.25) is 6.79 Å². The molecule has 4 atom stereocenters. The van der Waals surface area contributed by atoms with Crippen molar-refractivity contribution in [1.82, 2.24) is 9.80 Å². The van der Waals surface area contributed by atoms with Gasteiger partial charge in [0.15, 0.2) is 11.5 Å². The van der Waals surface area contributed by atoms with E-state index in [0.29, 0.717) is 30.2 Å². The number of anilines is 3. The molecule has 3 aromatic rings. The normalized spacial score (nSPS) is 19.8. The van der Waals surface area contributed by atoms with Gasteiger partial charge in [0.05, 0.1) is 36.0 Å². The maximum Gasteiger partial charge on any atom is 0.416 e. The summed E-state index contributed by atoms with van der Waals surface area (Å²) in [4.78, 5) is 43.5. The van der Waals surface area contributed by atoms with Crippen LogP contribution in [0.3, 0.4) is 0 Å². The minimum Gasteiger partial charge on any atom is -0.490 e. The fourth-order valence-corrected chi connectivity index (χ4v) is 6.04. The molecule has 3 aromatic carbocycles. The molecule has 0 aromatic heterocycles. The molecule has 5 rings (SSSR count). The van der Waals surface area contributed by atoms with Crippen molar-refractivity contribution in [3.63, 3.8) is 0 Å². The average Bonchev–Trinajstić information content (AvgIpc) is 3.60. The fourth-order valence-electron chi connectivity index (χ4n) is 6.04. The van der Waals surface area contributed by atoms with Gasteiger partial charge in [-0.25, -0.2) is 9.59 Å². The number of ether oxygens (including phenoxy) is 4. The van der Waals surface area contributed by atoms with Gasteiger partial charge in [-0.3, -0.25) is 4.79 Å². The Bertz CT molecular complexity index is 1780. The highest BCUT2D eigenvalue weighted by Gasteiger charge is 2.32. The predicted molar refractivity (Wildman–Crippen MR) is 195 cm³/mol. The van der Waals surface area contributed by atoms with Crippen LogP contribution in [0.5, 0.6) is 17.2 Å². The molecule has 0 fully saturated rings. The van der Waals surface area contributed by atoms with E-state index in [0.717, 1.165) is 37.1 Å². The van der Waals surface area contributed by atoms with Gasteiger partial charge in [-0.1, -0.05) is 6.92 Å². The highest BCUT2D eigenvalue weighted by Crippen LogP contribution is 2.35. The van der Waals surface area contributed by atoms with Gasteiger partial charge in [-0.2, -0.15) is 13.2 Å². The van der Waals surface area contributed by atoms with E-state index in [4.69, 9.17) is 18.9 Å². The molecule has 13 nitrogen and oxygen atoms in total. The monoisotopic (exact) mass is 757 g/mol. The summed E-state index contributed by atoms with van der Waals surface area (Å²) < 4.78 is 62.3. The number of urea groups is 2. The first kappa shape index (κ1) is 40.0. The molecule has 5 amide bonds. The summed E-state index contributed by atoms with van der Waals surface area (Å²) in [6.45, 7) is 6.03. The Morgan fingerprint density at radius 3 is 2.28 bits per heavy atom. The summed E-state index contributed by atoms with van der Waals surface area (Å²) in [5.74, 6) is 0.631. The summed E-state index contributed by atoms with van der Waals surface area (Å²) in [5, 5.41) is 18.2. The zero-order valence-electron chi connectivity index (χ0n) is 30.6. The molecule has 2 aliphatic heterocycles. The Hall–Kier alpha value is -5.22. The second kappa shape index (κ2) is 17.7. The highest BCUT2D eigenvalue weighted by molar-refractivity contribution is 6.02. The number of hydrogen-bond donors (Lipinski definition) is 4. The quantitative estimate of drug-likeness (QED) is 0.201. The lowest BCUT2D eigenvalue weighted by molar-refractivity contribution is -0.137. The van der Waals surface area contributed by atoms with Gasteiger partial charge in [0, 0.05) is 55.8 Å². The first-order valence-corrected chi connectivity index (χ1v) is 17.7. The minimum absolute atomic E-state index is 0.110. The number of hydrogen-bond acceptors (Lipinski definition) is 8. The predicted octanol–water partition coefficient (Wildman–Crippen LogP) is 7.04. The standard InChI is InChI=1S/C38H46F3N5O8/c1-23-19-46(24(2)21-47)35(48)30-17-28(43-36(49)42-27-10-8-26(9-11-27)38(39,40)41)12-14-31(30)54-25(3)7-5-6-16-51-34(23)20-45(4)37(50)44-29-13-15-32-33(18-29)53-22-52-32/h8-15,17-18,23-25,34,47H,5-7,16,19-22H2,1-4H3,(H,44,50)(H2,42,43,49)/t23-,24+,25-,34+/m0/s1. The van der Waals surface area contributed by atoms with Gasteiger partial charge in [0.1, 0.15) is 5.75 Å². The molecule has 0 radical (unpaired) electrons. The maximum atomic E-state index is 14.4. The molecule has 0 bridgehead atoms. The van der Waals surface area contributed by atoms with Gasteiger partial charge < -0.3 is 49.8 Å². The van der Waals surface area contributed by atoms with E-state index in [2.05, 4.69) is 16.0 Å². The lowest BCUT2D eigenvalue weighted by Gasteiger charge is -2.35. The number of carbonyl (C=O) groups excluding carboxylic acids is 3. The van der Waals surface area contributed by atoms with Crippen molar-refractivity contribution < 1.29 is 51.6 Å². The van der Waals surface area contributed by atoms with Crippen LogP contribution in [0.4, 0.5) is 39.8 Å². The van der Waals surface area contributed by atoms with Crippen LogP contribution >= 0.6 is 0 Å². The fraction of sp³-hybridized carbons (Fsp3) is 0.447. The highest BCUT2D eigenvalue weighted by atomic mass is 19.4. The summed E-state index contributed by atoms with van der Waals surface area (Å²) in [6.07, 6.45) is -3.14. The van der Waals surface area contributed by atoms with Gasteiger partial charge in [-0.05, 0) is 87.7 Å². The van der Waals surface area contributed by atoms with Crippen LogP contribution < -0.4 is 30.2 Å². The smallest absolute Gasteiger partial charge is 0.416 e. The third kappa shape index (κ3) is 10.5. The van der Waals surface area contributed by atoms with E-state index < -0.39 is 35.8 Å². The number of benzene rings is 3. The number of alkyl halides is 3. The zero-order chi connectivity index (χ0) is 39.0. The number of nitrogens with one attached hydrogen (secondary N) is 3. The summed E-state index contributed by atoms with van der Waals surface area (Å²) in [7, 11) is 1.65. The number of rotatable bonds is 7. The van der Waals surface area contributed by atoms with E-state index in [-0.39, 0.29) is 67.2 Å². The molecule has 2 heterocycles. The second-order valence-corrected chi connectivity index (χ2v) is 13.5. The number of amides is 5. The molecular weight excluding hydrogens is 711 g/mol. The number of carbonyl (C=O) groups is 3. The SMILES string of the molecule is C[C@H](CO)N1C[C@H](C)[C@@H](CN(C)C(=O)Nc2ccc3c(c2)OCO3)OCCCC[C@H](C)Oc2ccc(NC(=O)Nc3ccc(C(F)(F)F)cc3)cc2C1=O.